The van der Waals surface area contributed by atoms with E-state index in [-0.39, 0.29) is 5.41 Å². The van der Waals surface area contributed by atoms with E-state index in [0.717, 1.165) is 32.8 Å². The maximum Gasteiger partial charge on any atom is 0.0532 e. The minimum atomic E-state index is 0.238. The number of hydrogen-bond donors (Lipinski definition) is 2. The monoisotopic (exact) mass is 365 g/mol. The summed E-state index contributed by atoms with van der Waals surface area (Å²) in [6.07, 6.45) is 7.57. The minimum absolute atomic E-state index is 0.238. The van der Waals surface area contributed by atoms with Crippen molar-refractivity contribution in [2.45, 2.75) is 64.2 Å². The van der Waals surface area contributed by atoms with Crippen molar-refractivity contribution in [1.29, 1.82) is 0 Å². The summed E-state index contributed by atoms with van der Waals surface area (Å²) in [5.41, 5.74) is 3.40. The maximum absolute atomic E-state index is 6.26. The molecule has 0 amide bonds. The number of rotatable bonds is 6. The van der Waals surface area contributed by atoms with Gasteiger partial charge in [-0.1, -0.05) is 51.3 Å². The van der Waals surface area contributed by atoms with E-state index in [2.05, 4.69) is 51.5 Å². The van der Waals surface area contributed by atoms with E-state index < -0.39 is 0 Å². The van der Waals surface area contributed by atoms with Gasteiger partial charge in [-0.25, -0.2) is 0 Å². The lowest BCUT2D eigenvalue weighted by Gasteiger charge is -2.33. The SMILES string of the molecule is C=C.C=C(Nc1cc(Cl)c(C)cc1S)C1(CCC(C)C)CCCC1. The summed E-state index contributed by atoms with van der Waals surface area (Å²) in [4.78, 5) is 0.931. The lowest BCUT2D eigenvalue weighted by atomic mass is 9.77. The molecule has 0 unspecified atom stereocenters. The zero-order chi connectivity index (χ0) is 18.3. The summed E-state index contributed by atoms with van der Waals surface area (Å²) < 4.78 is 0. The molecule has 134 valence electrons. The van der Waals surface area contributed by atoms with E-state index in [4.69, 9.17) is 11.6 Å². The van der Waals surface area contributed by atoms with Gasteiger partial charge >= 0.3 is 0 Å². The average Bonchev–Trinajstić information content (AvgIpc) is 3.03. The molecule has 1 nitrogen and oxygen atoms in total. The van der Waals surface area contributed by atoms with Crippen LogP contribution in [-0.2, 0) is 0 Å². The first-order chi connectivity index (χ1) is 11.3. The molecule has 0 bridgehead atoms. The van der Waals surface area contributed by atoms with Gasteiger partial charge in [-0.2, -0.15) is 0 Å². The van der Waals surface area contributed by atoms with E-state index >= 15 is 0 Å². The van der Waals surface area contributed by atoms with Crippen LogP contribution in [-0.4, -0.2) is 0 Å². The number of hydrogen-bond acceptors (Lipinski definition) is 2. The number of halogens is 1. The maximum atomic E-state index is 6.26. The van der Waals surface area contributed by atoms with Crippen LogP contribution in [0, 0.1) is 18.3 Å². The van der Waals surface area contributed by atoms with Gasteiger partial charge in [0.1, 0.15) is 0 Å². The summed E-state index contributed by atoms with van der Waals surface area (Å²) in [7, 11) is 0. The highest BCUT2D eigenvalue weighted by atomic mass is 35.5. The van der Waals surface area contributed by atoms with Gasteiger partial charge in [0, 0.05) is 21.0 Å². The molecule has 3 heteroatoms. The minimum Gasteiger partial charge on any atom is -0.358 e. The van der Waals surface area contributed by atoms with Crippen molar-refractivity contribution < 1.29 is 0 Å². The largest absolute Gasteiger partial charge is 0.358 e. The molecule has 1 aliphatic rings. The molecule has 0 aliphatic heterocycles. The average molecular weight is 366 g/mol. The number of aryl methyl sites for hydroxylation is 1. The zero-order valence-electron chi connectivity index (χ0n) is 15.4. The Labute approximate surface area is 159 Å². The van der Waals surface area contributed by atoms with Gasteiger partial charge in [0.15, 0.2) is 0 Å². The Morgan fingerprint density at radius 1 is 1.29 bits per heavy atom. The Morgan fingerprint density at radius 2 is 1.88 bits per heavy atom. The van der Waals surface area contributed by atoms with Gasteiger partial charge in [-0.15, -0.1) is 25.8 Å². The van der Waals surface area contributed by atoms with E-state index in [1.807, 2.05) is 19.1 Å². The number of nitrogens with one attached hydrogen (secondary N) is 1. The van der Waals surface area contributed by atoms with E-state index in [1.165, 1.54) is 38.5 Å². The van der Waals surface area contributed by atoms with Crippen LogP contribution in [0.1, 0.15) is 57.9 Å². The Bertz CT molecular complexity index is 559. The second-order valence-electron chi connectivity index (χ2n) is 7.14. The van der Waals surface area contributed by atoms with Crippen molar-refractivity contribution in [2.75, 3.05) is 5.32 Å². The van der Waals surface area contributed by atoms with E-state index in [9.17, 15) is 0 Å². The van der Waals surface area contributed by atoms with Crippen LogP contribution >= 0.6 is 24.2 Å². The Hall–Kier alpha value is -0.860. The highest BCUT2D eigenvalue weighted by Crippen LogP contribution is 2.48. The first-order valence-electron chi connectivity index (χ1n) is 8.79. The molecule has 0 saturated heterocycles. The fourth-order valence-corrected chi connectivity index (χ4v) is 3.86. The molecule has 24 heavy (non-hydrogen) atoms. The third kappa shape index (κ3) is 5.32. The fourth-order valence-electron chi connectivity index (χ4n) is 3.38. The topological polar surface area (TPSA) is 12.0 Å². The highest BCUT2D eigenvalue weighted by molar-refractivity contribution is 7.80. The Morgan fingerprint density at radius 3 is 2.42 bits per heavy atom. The molecule has 0 aromatic heterocycles. The summed E-state index contributed by atoms with van der Waals surface area (Å²) in [5.74, 6) is 0.736. The predicted molar refractivity (Wildman–Crippen MR) is 112 cm³/mol. The molecular weight excluding hydrogens is 334 g/mol. The summed E-state index contributed by atoms with van der Waals surface area (Å²) >= 11 is 10.8. The van der Waals surface area contributed by atoms with Gasteiger partial charge < -0.3 is 5.32 Å². The third-order valence-electron chi connectivity index (χ3n) is 4.96. The molecular formula is C21H32ClNS. The van der Waals surface area contributed by atoms with E-state index in [0.29, 0.717) is 0 Å². The van der Waals surface area contributed by atoms with Crippen LogP contribution in [0.5, 0.6) is 0 Å². The van der Waals surface area contributed by atoms with Gasteiger partial charge in [0.05, 0.1) is 5.69 Å². The van der Waals surface area contributed by atoms with Crippen LogP contribution in [0.4, 0.5) is 5.69 Å². The first-order valence-corrected chi connectivity index (χ1v) is 9.62. The van der Waals surface area contributed by atoms with Crippen molar-refractivity contribution in [3.8, 4) is 0 Å². The number of allylic oxidation sites excluding steroid dienone is 1. The van der Waals surface area contributed by atoms with Crippen molar-refractivity contribution in [3.05, 3.63) is 48.2 Å². The predicted octanol–water partition coefficient (Wildman–Crippen LogP) is 7.66. The molecule has 0 heterocycles. The normalized spacial score (nSPS) is 15.8. The molecule has 1 saturated carbocycles. The second kappa shape index (κ2) is 9.58. The number of thiol groups is 1. The van der Waals surface area contributed by atoms with Crippen molar-refractivity contribution in [2.24, 2.45) is 11.3 Å². The highest BCUT2D eigenvalue weighted by Gasteiger charge is 2.36. The summed E-state index contributed by atoms with van der Waals surface area (Å²) in [6.45, 7) is 17.0. The van der Waals surface area contributed by atoms with Crippen LogP contribution in [0.3, 0.4) is 0 Å². The van der Waals surface area contributed by atoms with Crippen molar-refractivity contribution in [1.82, 2.24) is 0 Å². The van der Waals surface area contributed by atoms with Gasteiger partial charge in [0.25, 0.3) is 0 Å². The van der Waals surface area contributed by atoms with Crippen molar-refractivity contribution >= 4 is 29.9 Å². The first kappa shape index (κ1) is 21.2. The van der Waals surface area contributed by atoms with Crippen LogP contribution < -0.4 is 5.32 Å². The Kier molecular flexibility index (Phi) is 8.45. The van der Waals surface area contributed by atoms with Crippen molar-refractivity contribution in [3.63, 3.8) is 0 Å². The number of benzene rings is 1. The van der Waals surface area contributed by atoms with E-state index in [1.54, 1.807) is 0 Å². The molecule has 1 aliphatic carbocycles. The molecule has 1 N–H and O–H groups in total. The lowest BCUT2D eigenvalue weighted by molar-refractivity contribution is 0.309. The zero-order valence-corrected chi connectivity index (χ0v) is 17.1. The quantitative estimate of drug-likeness (QED) is 0.389. The summed E-state index contributed by atoms with van der Waals surface area (Å²) in [5, 5.41) is 4.30. The van der Waals surface area contributed by atoms with Gasteiger partial charge in [0.2, 0.25) is 0 Å². The second-order valence-corrected chi connectivity index (χ2v) is 8.03. The molecule has 1 aromatic rings. The van der Waals surface area contributed by atoms with Gasteiger partial charge in [-0.05, 0) is 49.8 Å². The molecule has 0 atom stereocenters. The van der Waals surface area contributed by atoms with Crippen LogP contribution in [0.15, 0.2) is 42.5 Å². The lowest BCUT2D eigenvalue weighted by Crippen LogP contribution is -2.24. The molecule has 1 fully saturated rings. The molecule has 0 spiro atoms. The van der Waals surface area contributed by atoms with Crippen LogP contribution in [0.2, 0.25) is 5.02 Å². The fraction of sp³-hybridized carbons (Fsp3) is 0.524. The molecule has 1 aromatic carbocycles. The number of anilines is 1. The van der Waals surface area contributed by atoms with Gasteiger partial charge in [-0.3, -0.25) is 0 Å². The summed E-state index contributed by atoms with van der Waals surface area (Å²) in [6, 6.07) is 3.98. The Balaban J connectivity index is 0.00000139. The molecule has 2 rings (SSSR count). The molecule has 0 radical (unpaired) electrons. The third-order valence-corrected chi connectivity index (χ3v) is 5.74. The smallest absolute Gasteiger partial charge is 0.0532 e. The van der Waals surface area contributed by atoms with Crippen LogP contribution in [0.25, 0.3) is 0 Å². The standard InChI is InChI=1S/C19H28ClNS.C2H4/c1-13(2)7-10-19(8-5-6-9-19)15(4)21-17-12-16(20)14(3)11-18(17)22;1-2/h11-13,21-22H,4-10H2,1-3H3;1-2H2.